The van der Waals surface area contributed by atoms with Crippen LogP contribution < -0.4 is 15.0 Å². The fraction of sp³-hybridized carbons (Fsp3) is 0.409. The number of thioether (sulfide) groups is 1. The molecule has 0 bridgehead atoms. The van der Waals surface area contributed by atoms with Gasteiger partial charge < -0.3 is 15.0 Å². The van der Waals surface area contributed by atoms with Gasteiger partial charge in [-0.25, -0.2) is 0 Å². The Morgan fingerprint density at radius 3 is 2.82 bits per heavy atom. The molecule has 1 unspecified atom stereocenters. The zero-order chi connectivity index (χ0) is 19.9. The van der Waals surface area contributed by atoms with E-state index >= 15 is 0 Å². The van der Waals surface area contributed by atoms with Crippen molar-refractivity contribution in [3.63, 3.8) is 0 Å². The van der Waals surface area contributed by atoms with Gasteiger partial charge in [0.15, 0.2) is 0 Å². The van der Waals surface area contributed by atoms with Crippen LogP contribution in [-0.2, 0) is 4.79 Å². The number of amides is 1. The van der Waals surface area contributed by atoms with Gasteiger partial charge in [0.2, 0.25) is 5.91 Å². The summed E-state index contributed by atoms with van der Waals surface area (Å²) in [5.41, 5.74) is 2.44. The minimum Gasteiger partial charge on any atom is -0.494 e. The number of carbonyl (C=O) groups excluding carboxylic acids is 1. The highest BCUT2D eigenvalue weighted by atomic mass is 35.5. The molecular formula is C22H27ClN2O2S. The van der Waals surface area contributed by atoms with Crippen LogP contribution in [0.1, 0.15) is 18.9 Å². The first-order chi connectivity index (χ1) is 13.5. The highest BCUT2D eigenvalue weighted by Crippen LogP contribution is 2.29. The molecule has 0 saturated carbocycles. The first-order valence-electron chi connectivity index (χ1n) is 9.68. The van der Waals surface area contributed by atoms with Crippen LogP contribution in [0.25, 0.3) is 0 Å². The standard InChI is InChI=1S/C22H27ClN2O2S/c1-3-27-19-6-8-20(9-7-19)28-15-22(26)24-13-17-10-11-25(14-17)21-12-18(23)5-4-16(21)2/h4-9,12,17H,3,10-11,13-15H2,1-2H3,(H,24,26). The first-order valence-corrected chi connectivity index (χ1v) is 11.0. The van der Waals surface area contributed by atoms with Crippen molar-refractivity contribution in [3.8, 4) is 5.75 Å². The van der Waals surface area contributed by atoms with Crippen LogP contribution in [0, 0.1) is 12.8 Å². The fourth-order valence-electron chi connectivity index (χ4n) is 3.40. The Bertz CT molecular complexity index is 798. The molecule has 1 atom stereocenters. The van der Waals surface area contributed by atoms with Crippen LogP contribution in [0.2, 0.25) is 5.02 Å². The molecule has 0 aromatic heterocycles. The molecule has 4 nitrogen and oxygen atoms in total. The molecule has 0 spiro atoms. The number of anilines is 1. The Kier molecular flexibility index (Phi) is 7.51. The fourth-order valence-corrected chi connectivity index (χ4v) is 4.29. The SMILES string of the molecule is CCOc1ccc(SCC(=O)NCC2CCN(c3cc(Cl)ccc3C)C2)cc1. The Balaban J connectivity index is 1.41. The van der Waals surface area contributed by atoms with Crippen LogP contribution in [0.4, 0.5) is 5.69 Å². The van der Waals surface area contributed by atoms with Gasteiger partial charge in [-0.15, -0.1) is 11.8 Å². The summed E-state index contributed by atoms with van der Waals surface area (Å²) in [7, 11) is 0. The topological polar surface area (TPSA) is 41.6 Å². The summed E-state index contributed by atoms with van der Waals surface area (Å²) < 4.78 is 5.44. The lowest BCUT2D eigenvalue weighted by Gasteiger charge is -2.21. The molecule has 6 heteroatoms. The number of hydrogen-bond acceptors (Lipinski definition) is 4. The number of nitrogens with zero attached hydrogens (tertiary/aromatic N) is 1. The number of hydrogen-bond donors (Lipinski definition) is 1. The molecule has 1 aliphatic heterocycles. The number of ether oxygens (including phenoxy) is 1. The van der Waals surface area contributed by atoms with Crippen molar-refractivity contribution in [1.82, 2.24) is 5.32 Å². The first kappa shape index (κ1) is 20.9. The molecule has 0 aliphatic carbocycles. The maximum Gasteiger partial charge on any atom is 0.230 e. The van der Waals surface area contributed by atoms with E-state index in [2.05, 4.69) is 23.2 Å². The predicted octanol–water partition coefficient (Wildman–Crippen LogP) is 4.78. The van der Waals surface area contributed by atoms with E-state index in [0.717, 1.165) is 41.7 Å². The predicted molar refractivity (Wildman–Crippen MR) is 118 cm³/mol. The summed E-state index contributed by atoms with van der Waals surface area (Å²) in [5.74, 6) is 1.84. The molecule has 2 aromatic carbocycles. The van der Waals surface area contributed by atoms with E-state index in [4.69, 9.17) is 16.3 Å². The molecule has 1 heterocycles. The van der Waals surface area contributed by atoms with Gasteiger partial charge in [-0.05, 0) is 68.1 Å². The summed E-state index contributed by atoms with van der Waals surface area (Å²) in [6.45, 7) is 7.41. The summed E-state index contributed by atoms with van der Waals surface area (Å²) in [4.78, 5) is 15.6. The summed E-state index contributed by atoms with van der Waals surface area (Å²) >= 11 is 7.70. The van der Waals surface area contributed by atoms with Crippen molar-refractivity contribution in [1.29, 1.82) is 0 Å². The van der Waals surface area contributed by atoms with Crippen molar-refractivity contribution < 1.29 is 9.53 Å². The third-order valence-electron chi connectivity index (χ3n) is 4.89. The number of rotatable bonds is 8. The third-order valence-corrected chi connectivity index (χ3v) is 6.14. The second kappa shape index (κ2) is 10.1. The van der Waals surface area contributed by atoms with Crippen LogP contribution in [0.15, 0.2) is 47.4 Å². The third kappa shape index (κ3) is 5.82. The van der Waals surface area contributed by atoms with Crippen LogP contribution >= 0.6 is 23.4 Å². The molecule has 2 aromatic rings. The van der Waals surface area contributed by atoms with E-state index in [1.54, 1.807) is 11.8 Å². The molecule has 0 radical (unpaired) electrons. The molecular weight excluding hydrogens is 392 g/mol. The smallest absolute Gasteiger partial charge is 0.230 e. The van der Waals surface area contributed by atoms with E-state index < -0.39 is 0 Å². The Morgan fingerprint density at radius 1 is 1.29 bits per heavy atom. The van der Waals surface area contributed by atoms with Crippen LogP contribution in [0.5, 0.6) is 5.75 Å². The zero-order valence-electron chi connectivity index (χ0n) is 16.4. The van der Waals surface area contributed by atoms with E-state index in [1.165, 1.54) is 11.3 Å². The average Bonchev–Trinajstić information content (AvgIpc) is 3.17. The van der Waals surface area contributed by atoms with Crippen molar-refractivity contribution in [3.05, 3.63) is 53.1 Å². The molecule has 3 rings (SSSR count). The number of carbonyl (C=O) groups is 1. The van der Waals surface area contributed by atoms with Gasteiger partial charge in [-0.1, -0.05) is 17.7 Å². The van der Waals surface area contributed by atoms with Crippen molar-refractivity contribution in [2.45, 2.75) is 25.2 Å². The molecule has 150 valence electrons. The lowest BCUT2D eigenvalue weighted by Crippen LogP contribution is -2.32. The molecule has 1 amide bonds. The zero-order valence-corrected chi connectivity index (χ0v) is 18.0. The maximum atomic E-state index is 12.2. The van der Waals surface area contributed by atoms with E-state index in [-0.39, 0.29) is 5.91 Å². The summed E-state index contributed by atoms with van der Waals surface area (Å²) in [6, 6.07) is 13.9. The van der Waals surface area contributed by atoms with E-state index in [9.17, 15) is 4.79 Å². The van der Waals surface area contributed by atoms with Gasteiger partial charge in [-0.3, -0.25) is 4.79 Å². The second-order valence-electron chi connectivity index (χ2n) is 7.03. The van der Waals surface area contributed by atoms with Gasteiger partial charge in [0.05, 0.1) is 12.4 Å². The lowest BCUT2D eigenvalue weighted by molar-refractivity contribution is -0.118. The highest BCUT2D eigenvalue weighted by molar-refractivity contribution is 8.00. The minimum absolute atomic E-state index is 0.0799. The summed E-state index contributed by atoms with van der Waals surface area (Å²) in [6.07, 6.45) is 1.08. The van der Waals surface area contributed by atoms with Gasteiger partial charge >= 0.3 is 0 Å². The molecule has 1 fully saturated rings. The van der Waals surface area contributed by atoms with Gasteiger partial charge in [0.1, 0.15) is 5.75 Å². The number of nitrogens with one attached hydrogen (secondary N) is 1. The van der Waals surface area contributed by atoms with Crippen molar-refractivity contribution in [2.24, 2.45) is 5.92 Å². The Morgan fingerprint density at radius 2 is 2.07 bits per heavy atom. The number of halogens is 1. The van der Waals surface area contributed by atoms with E-state index in [1.807, 2.05) is 43.3 Å². The van der Waals surface area contributed by atoms with Crippen LogP contribution in [-0.4, -0.2) is 37.9 Å². The molecule has 1 N–H and O–H groups in total. The normalized spacial score (nSPS) is 16.2. The van der Waals surface area contributed by atoms with E-state index in [0.29, 0.717) is 18.3 Å². The molecule has 1 saturated heterocycles. The monoisotopic (exact) mass is 418 g/mol. The minimum atomic E-state index is 0.0799. The average molecular weight is 419 g/mol. The maximum absolute atomic E-state index is 12.2. The highest BCUT2D eigenvalue weighted by Gasteiger charge is 2.24. The van der Waals surface area contributed by atoms with Gasteiger partial charge in [0, 0.05) is 35.2 Å². The Labute approximate surface area is 176 Å². The van der Waals surface area contributed by atoms with Crippen LogP contribution in [0.3, 0.4) is 0 Å². The van der Waals surface area contributed by atoms with Gasteiger partial charge in [-0.2, -0.15) is 0 Å². The largest absolute Gasteiger partial charge is 0.494 e. The lowest BCUT2D eigenvalue weighted by atomic mass is 10.1. The van der Waals surface area contributed by atoms with Crippen molar-refractivity contribution >= 4 is 35.0 Å². The Hall–Kier alpha value is -1.85. The molecule has 1 aliphatic rings. The number of aryl methyl sites for hydroxylation is 1. The molecule has 28 heavy (non-hydrogen) atoms. The quantitative estimate of drug-likeness (QED) is 0.626. The van der Waals surface area contributed by atoms with Crippen molar-refractivity contribution in [2.75, 3.05) is 36.9 Å². The number of benzene rings is 2. The van der Waals surface area contributed by atoms with Gasteiger partial charge in [0.25, 0.3) is 0 Å². The summed E-state index contributed by atoms with van der Waals surface area (Å²) in [5, 5.41) is 3.85. The second-order valence-corrected chi connectivity index (χ2v) is 8.51.